The number of ether oxygens (including phenoxy) is 1. The number of carbonyl (C=O) groups is 1. The smallest absolute Gasteiger partial charge is 0.312 e. The number of hydrogen-bond donors (Lipinski definition) is 0. The van der Waals surface area contributed by atoms with E-state index in [-0.39, 0.29) is 5.97 Å². The van der Waals surface area contributed by atoms with Gasteiger partial charge in [0.1, 0.15) is 5.94 Å². The molecule has 1 rings (SSSR count). The van der Waals surface area contributed by atoms with Gasteiger partial charge >= 0.3 is 5.97 Å². The molecule has 2 nitrogen and oxygen atoms in total. The number of benzene rings is 1. The van der Waals surface area contributed by atoms with Crippen LogP contribution in [-0.2, 0) is 9.53 Å². The third-order valence-corrected chi connectivity index (χ3v) is 3.20. The maximum atomic E-state index is 11.5. The largest absolute Gasteiger partial charge is 0.454 e. The van der Waals surface area contributed by atoms with E-state index in [4.69, 9.17) is 16.3 Å². The normalized spacial score (nSPS) is 11.2. The first-order chi connectivity index (χ1) is 7.41. The predicted molar refractivity (Wildman–Crippen MR) is 67.7 cm³/mol. The van der Waals surface area contributed by atoms with Gasteiger partial charge in [-0.15, -0.1) is 0 Å². The summed E-state index contributed by atoms with van der Waals surface area (Å²) in [6.07, 6.45) is 0. The molecule has 0 unspecified atom stereocenters. The van der Waals surface area contributed by atoms with Gasteiger partial charge < -0.3 is 4.74 Å². The lowest BCUT2D eigenvalue weighted by molar-refractivity contribution is -0.150. The standard InChI is InChI=1S/C12H15ClO2S/c1-12(2,3)11(14)15-8-16-10-7-5-4-6-9(10)13/h4-7H,8H2,1-3H3. The Hall–Kier alpha value is -0.670. The van der Waals surface area contributed by atoms with Crippen molar-refractivity contribution in [3.63, 3.8) is 0 Å². The van der Waals surface area contributed by atoms with Crippen LogP contribution in [0.3, 0.4) is 0 Å². The molecule has 0 spiro atoms. The summed E-state index contributed by atoms with van der Waals surface area (Å²) in [7, 11) is 0. The molecule has 0 aliphatic carbocycles. The molecule has 0 heterocycles. The summed E-state index contributed by atoms with van der Waals surface area (Å²) in [4.78, 5) is 12.4. The van der Waals surface area contributed by atoms with Crippen molar-refractivity contribution in [2.45, 2.75) is 25.7 Å². The lowest BCUT2D eigenvalue weighted by Crippen LogP contribution is -2.22. The van der Waals surface area contributed by atoms with Gasteiger partial charge in [0.15, 0.2) is 0 Å². The number of rotatable bonds is 3. The summed E-state index contributed by atoms with van der Waals surface area (Å²) in [5.74, 6) is 0.0897. The van der Waals surface area contributed by atoms with Crippen LogP contribution in [0.1, 0.15) is 20.8 Å². The van der Waals surface area contributed by atoms with Crippen molar-refractivity contribution in [3.8, 4) is 0 Å². The SMILES string of the molecule is CC(C)(C)C(=O)OCSc1ccccc1Cl. The van der Waals surface area contributed by atoms with E-state index in [1.165, 1.54) is 11.8 Å². The Morgan fingerprint density at radius 2 is 2.00 bits per heavy atom. The second kappa shape index (κ2) is 5.60. The zero-order chi connectivity index (χ0) is 12.2. The van der Waals surface area contributed by atoms with Crippen LogP contribution in [0.15, 0.2) is 29.2 Å². The van der Waals surface area contributed by atoms with E-state index < -0.39 is 5.41 Å². The number of hydrogen-bond acceptors (Lipinski definition) is 3. The van der Waals surface area contributed by atoms with Crippen molar-refractivity contribution in [1.29, 1.82) is 0 Å². The van der Waals surface area contributed by atoms with E-state index in [0.717, 1.165) is 4.90 Å². The highest BCUT2D eigenvalue weighted by atomic mass is 35.5. The van der Waals surface area contributed by atoms with E-state index in [1.807, 2.05) is 45.0 Å². The zero-order valence-electron chi connectivity index (χ0n) is 9.62. The molecule has 0 saturated heterocycles. The quantitative estimate of drug-likeness (QED) is 0.466. The molecule has 0 aromatic heterocycles. The summed E-state index contributed by atoms with van der Waals surface area (Å²) in [5.41, 5.74) is -0.457. The molecule has 0 aliphatic heterocycles. The summed E-state index contributed by atoms with van der Waals surface area (Å²) in [6, 6.07) is 7.49. The van der Waals surface area contributed by atoms with Gasteiger partial charge in [-0.05, 0) is 32.9 Å². The van der Waals surface area contributed by atoms with Crippen LogP contribution >= 0.6 is 23.4 Å². The molecule has 0 aliphatic rings. The van der Waals surface area contributed by atoms with Crippen molar-refractivity contribution in [1.82, 2.24) is 0 Å². The molecular formula is C12H15ClO2S. The first kappa shape index (κ1) is 13.4. The van der Waals surface area contributed by atoms with Crippen LogP contribution in [0, 0.1) is 5.41 Å². The average molecular weight is 259 g/mol. The van der Waals surface area contributed by atoms with Gasteiger partial charge in [-0.2, -0.15) is 0 Å². The monoisotopic (exact) mass is 258 g/mol. The Bertz CT molecular complexity index is 372. The Balaban J connectivity index is 2.43. The van der Waals surface area contributed by atoms with E-state index in [1.54, 1.807) is 0 Å². The van der Waals surface area contributed by atoms with Crippen molar-refractivity contribution in [2.75, 3.05) is 5.94 Å². The second-order valence-corrected chi connectivity index (χ2v) is 5.75. The number of carbonyl (C=O) groups excluding carboxylic acids is 1. The van der Waals surface area contributed by atoms with Crippen LogP contribution < -0.4 is 0 Å². The third kappa shape index (κ3) is 4.06. The Kier molecular flexibility index (Phi) is 4.69. The molecule has 88 valence electrons. The summed E-state index contributed by atoms with van der Waals surface area (Å²) in [6.45, 7) is 5.49. The molecule has 1 aromatic rings. The summed E-state index contributed by atoms with van der Waals surface area (Å²) < 4.78 is 5.13. The Morgan fingerprint density at radius 1 is 1.38 bits per heavy atom. The molecule has 0 atom stereocenters. The molecule has 0 bridgehead atoms. The zero-order valence-corrected chi connectivity index (χ0v) is 11.2. The van der Waals surface area contributed by atoms with Crippen LogP contribution in [0.5, 0.6) is 0 Å². The van der Waals surface area contributed by atoms with Gasteiger partial charge in [-0.1, -0.05) is 35.5 Å². The van der Waals surface area contributed by atoms with E-state index in [2.05, 4.69) is 0 Å². The van der Waals surface area contributed by atoms with Crippen LogP contribution in [0.4, 0.5) is 0 Å². The number of halogens is 1. The molecular weight excluding hydrogens is 244 g/mol. The fraction of sp³-hybridized carbons (Fsp3) is 0.417. The lowest BCUT2D eigenvalue weighted by Gasteiger charge is -2.16. The predicted octanol–water partition coefficient (Wildman–Crippen LogP) is 3.98. The van der Waals surface area contributed by atoms with Crippen molar-refractivity contribution in [3.05, 3.63) is 29.3 Å². The van der Waals surface area contributed by atoms with Gasteiger partial charge in [0.2, 0.25) is 0 Å². The third-order valence-electron chi connectivity index (χ3n) is 1.85. The first-order valence-electron chi connectivity index (χ1n) is 4.96. The van der Waals surface area contributed by atoms with Gasteiger partial charge in [0.25, 0.3) is 0 Å². The van der Waals surface area contributed by atoms with E-state index in [9.17, 15) is 4.79 Å². The molecule has 1 aromatic carbocycles. The fourth-order valence-corrected chi connectivity index (χ4v) is 1.90. The van der Waals surface area contributed by atoms with Gasteiger partial charge in [0.05, 0.1) is 10.4 Å². The summed E-state index contributed by atoms with van der Waals surface area (Å²) >= 11 is 7.38. The van der Waals surface area contributed by atoms with Crippen molar-refractivity contribution < 1.29 is 9.53 Å². The molecule has 0 saturated carbocycles. The lowest BCUT2D eigenvalue weighted by atomic mass is 9.98. The minimum absolute atomic E-state index is 0.202. The van der Waals surface area contributed by atoms with Crippen LogP contribution in [0.25, 0.3) is 0 Å². The van der Waals surface area contributed by atoms with Crippen LogP contribution in [0.2, 0.25) is 5.02 Å². The average Bonchev–Trinajstić information content (AvgIpc) is 2.19. The highest BCUT2D eigenvalue weighted by Gasteiger charge is 2.22. The molecule has 0 amide bonds. The second-order valence-electron chi connectivity index (χ2n) is 4.37. The highest BCUT2D eigenvalue weighted by molar-refractivity contribution is 7.99. The van der Waals surface area contributed by atoms with Crippen molar-refractivity contribution in [2.24, 2.45) is 5.41 Å². The molecule has 0 radical (unpaired) electrons. The molecule has 0 N–H and O–H groups in total. The fourth-order valence-electron chi connectivity index (χ4n) is 0.925. The molecule has 0 fully saturated rings. The minimum atomic E-state index is -0.457. The van der Waals surface area contributed by atoms with Crippen LogP contribution in [-0.4, -0.2) is 11.9 Å². The maximum absolute atomic E-state index is 11.5. The van der Waals surface area contributed by atoms with Gasteiger partial charge in [-0.25, -0.2) is 0 Å². The minimum Gasteiger partial charge on any atom is -0.454 e. The van der Waals surface area contributed by atoms with Crippen molar-refractivity contribution >= 4 is 29.3 Å². The highest BCUT2D eigenvalue weighted by Crippen LogP contribution is 2.27. The maximum Gasteiger partial charge on any atom is 0.312 e. The van der Waals surface area contributed by atoms with Gasteiger partial charge in [-0.3, -0.25) is 4.79 Å². The Morgan fingerprint density at radius 3 is 2.56 bits per heavy atom. The first-order valence-corrected chi connectivity index (χ1v) is 6.32. The Labute approximate surface area is 105 Å². The molecule has 16 heavy (non-hydrogen) atoms. The van der Waals surface area contributed by atoms with E-state index in [0.29, 0.717) is 11.0 Å². The molecule has 4 heteroatoms. The summed E-state index contributed by atoms with van der Waals surface area (Å²) in [5, 5.41) is 0.680. The number of thioether (sulfide) groups is 1. The van der Waals surface area contributed by atoms with Gasteiger partial charge in [0, 0.05) is 4.90 Å². The topological polar surface area (TPSA) is 26.3 Å². The number of esters is 1. The van der Waals surface area contributed by atoms with E-state index >= 15 is 0 Å².